The van der Waals surface area contributed by atoms with Gasteiger partial charge in [0.2, 0.25) is 0 Å². The lowest BCUT2D eigenvalue weighted by atomic mass is 9.81. The fraction of sp³-hybridized carbons (Fsp3) is 1.00. The first-order valence-electron chi connectivity index (χ1n) is 3.60. The molecule has 1 heterocycles. The van der Waals surface area contributed by atoms with Gasteiger partial charge >= 0.3 is 0 Å². The van der Waals surface area contributed by atoms with Gasteiger partial charge in [-0.2, -0.15) is 0 Å². The maximum absolute atomic E-state index is 5.56. The van der Waals surface area contributed by atoms with Crippen LogP contribution in [0.25, 0.3) is 0 Å². The highest BCUT2D eigenvalue weighted by atomic mass is 16.7. The van der Waals surface area contributed by atoms with Crippen LogP contribution in [0.15, 0.2) is 0 Å². The zero-order chi connectivity index (χ0) is 6.32. The second-order valence-corrected chi connectivity index (χ2v) is 3.03. The number of hydrogen-bond donors (Lipinski definition) is 0. The average molecular weight is 128 g/mol. The molecule has 0 aromatic rings. The summed E-state index contributed by atoms with van der Waals surface area (Å²) >= 11 is 0. The van der Waals surface area contributed by atoms with Crippen molar-refractivity contribution in [3.05, 3.63) is 0 Å². The van der Waals surface area contributed by atoms with E-state index < -0.39 is 0 Å². The summed E-state index contributed by atoms with van der Waals surface area (Å²) in [5.74, 6) is 0. The van der Waals surface area contributed by atoms with E-state index in [1.165, 1.54) is 19.3 Å². The minimum absolute atomic E-state index is 0.0466. The quantitative estimate of drug-likeness (QED) is 0.489. The lowest BCUT2D eigenvalue weighted by Gasteiger charge is -2.35. The Kier molecular flexibility index (Phi) is 1.08. The van der Waals surface area contributed by atoms with Gasteiger partial charge in [0.15, 0.2) is 6.29 Å². The molecule has 0 bridgehead atoms. The van der Waals surface area contributed by atoms with E-state index in [1.807, 2.05) is 6.92 Å². The molecule has 0 N–H and O–H groups in total. The molecule has 0 amide bonds. The average Bonchev–Trinajstić information content (AvgIpc) is 2.09. The third-order valence-electron chi connectivity index (χ3n) is 2.26. The van der Waals surface area contributed by atoms with Gasteiger partial charge in [0, 0.05) is 0 Å². The molecule has 2 fully saturated rings. The standard InChI is InChI=1S/C7H12O2/c1-6-8-5-7(9-6)3-2-4-7/h6H,2-5H2,1H3. The number of hydrogen-bond acceptors (Lipinski definition) is 2. The monoisotopic (exact) mass is 128 g/mol. The van der Waals surface area contributed by atoms with Crippen molar-refractivity contribution < 1.29 is 9.47 Å². The van der Waals surface area contributed by atoms with Crippen LogP contribution in [0.2, 0.25) is 0 Å². The Labute approximate surface area is 55.1 Å². The van der Waals surface area contributed by atoms with E-state index in [2.05, 4.69) is 0 Å². The highest BCUT2D eigenvalue weighted by Crippen LogP contribution is 2.40. The topological polar surface area (TPSA) is 18.5 Å². The van der Waals surface area contributed by atoms with E-state index in [9.17, 15) is 0 Å². The van der Waals surface area contributed by atoms with Crippen LogP contribution in [0.5, 0.6) is 0 Å². The molecule has 0 aromatic heterocycles. The number of ether oxygens (including phenoxy) is 2. The van der Waals surface area contributed by atoms with Crippen molar-refractivity contribution in [1.82, 2.24) is 0 Å². The molecule has 1 unspecified atom stereocenters. The van der Waals surface area contributed by atoms with Crippen LogP contribution in [0, 0.1) is 0 Å². The first-order valence-corrected chi connectivity index (χ1v) is 3.60. The van der Waals surface area contributed by atoms with Crippen LogP contribution in [-0.2, 0) is 9.47 Å². The summed E-state index contributed by atoms with van der Waals surface area (Å²) in [5.41, 5.74) is 0.166. The van der Waals surface area contributed by atoms with E-state index in [0.717, 1.165) is 6.61 Å². The predicted octanol–water partition coefficient (Wildman–Crippen LogP) is 1.30. The van der Waals surface area contributed by atoms with Crippen molar-refractivity contribution in [3.8, 4) is 0 Å². The largest absolute Gasteiger partial charge is 0.350 e. The van der Waals surface area contributed by atoms with E-state index in [4.69, 9.17) is 9.47 Å². The smallest absolute Gasteiger partial charge is 0.155 e. The Hall–Kier alpha value is -0.0800. The second kappa shape index (κ2) is 1.70. The molecule has 2 heteroatoms. The predicted molar refractivity (Wildman–Crippen MR) is 33.1 cm³/mol. The molecule has 2 rings (SSSR count). The van der Waals surface area contributed by atoms with Gasteiger partial charge < -0.3 is 9.47 Å². The van der Waals surface area contributed by atoms with Crippen LogP contribution in [0.1, 0.15) is 26.2 Å². The third kappa shape index (κ3) is 0.775. The first-order chi connectivity index (χ1) is 4.31. The summed E-state index contributed by atoms with van der Waals surface area (Å²) in [7, 11) is 0. The molecule has 1 aliphatic heterocycles. The van der Waals surface area contributed by atoms with E-state index in [1.54, 1.807) is 0 Å². The Balaban J connectivity index is 1.99. The molecular weight excluding hydrogens is 116 g/mol. The zero-order valence-electron chi connectivity index (χ0n) is 5.72. The van der Waals surface area contributed by atoms with Gasteiger partial charge in [-0.15, -0.1) is 0 Å². The molecule has 52 valence electrons. The Bertz CT molecular complexity index is 118. The van der Waals surface area contributed by atoms with Gasteiger partial charge in [0.25, 0.3) is 0 Å². The van der Waals surface area contributed by atoms with E-state index in [0.29, 0.717) is 0 Å². The Morgan fingerprint density at radius 3 is 2.44 bits per heavy atom. The normalized spacial score (nSPS) is 39.0. The van der Waals surface area contributed by atoms with Crippen molar-refractivity contribution in [3.63, 3.8) is 0 Å². The minimum atomic E-state index is 0.0466. The molecule has 1 saturated heterocycles. The van der Waals surface area contributed by atoms with E-state index >= 15 is 0 Å². The third-order valence-corrected chi connectivity index (χ3v) is 2.26. The zero-order valence-corrected chi connectivity index (χ0v) is 5.72. The lowest BCUT2D eigenvalue weighted by Crippen LogP contribution is -2.39. The fourth-order valence-electron chi connectivity index (χ4n) is 1.52. The molecule has 2 nitrogen and oxygen atoms in total. The summed E-state index contributed by atoms with van der Waals surface area (Å²) in [5, 5.41) is 0. The molecule has 0 radical (unpaired) electrons. The first kappa shape index (κ1) is 5.69. The molecule has 1 saturated carbocycles. The molecule has 0 aromatic carbocycles. The Morgan fingerprint density at radius 1 is 1.44 bits per heavy atom. The molecule has 1 atom stereocenters. The highest BCUT2D eigenvalue weighted by Gasteiger charge is 2.44. The van der Waals surface area contributed by atoms with Crippen molar-refractivity contribution in [2.75, 3.05) is 6.61 Å². The summed E-state index contributed by atoms with van der Waals surface area (Å²) in [6.45, 7) is 2.79. The van der Waals surface area contributed by atoms with Gasteiger partial charge in [-0.3, -0.25) is 0 Å². The molecule has 9 heavy (non-hydrogen) atoms. The van der Waals surface area contributed by atoms with Crippen LogP contribution in [-0.4, -0.2) is 18.5 Å². The van der Waals surface area contributed by atoms with Gasteiger partial charge in [0.1, 0.15) is 0 Å². The second-order valence-electron chi connectivity index (χ2n) is 3.03. The molecule has 2 aliphatic rings. The highest BCUT2D eigenvalue weighted by molar-refractivity contribution is 4.92. The van der Waals surface area contributed by atoms with Crippen molar-refractivity contribution in [1.29, 1.82) is 0 Å². The SMILES string of the molecule is CC1OCC2(CCC2)O1. The van der Waals surface area contributed by atoms with Crippen molar-refractivity contribution in [2.45, 2.75) is 38.1 Å². The lowest BCUT2D eigenvalue weighted by molar-refractivity contribution is -0.106. The minimum Gasteiger partial charge on any atom is -0.350 e. The summed E-state index contributed by atoms with van der Waals surface area (Å²) < 4.78 is 10.9. The van der Waals surface area contributed by atoms with Crippen LogP contribution in [0.3, 0.4) is 0 Å². The molecule has 1 aliphatic carbocycles. The fourth-order valence-corrected chi connectivity index (χ4v) is 1.52. The maximum Gasteiger partial charge on any atom is 0.155 e. The molecular formula is C7H12O2. The van der Waals surface area contributed by atoms with Crippen LogP contribution < -0.4 is 0 Å². The summed E-state index contributed by atoms with van der Waals surface area (Å²) in [6.07, 6.45) is 3.77. The number of rotatable bonds is 0. The van der Waals surface area contributed by atoms with Crippen LogP contribution in [0.4, 0.5) is 0 Å². The summed E-state index contributed by atoms with van der Waals surface area (Å²) in [4.78, 5) is 0. The molecule has 1 spiro atoms. The van der Waals surface area contributed by atoms with E-state index in [-0.39, 0.29) is 11.9 Å². The maximum atomic E-state index is 5.56. The van der Waals surface area contributed by atoms with Gasteiger partial charge in [-0.05, 0) is 26.2 Å². The Morgan fingerprint density at radius 2 is 2.22 bits per heavy atom. The van der Waals surface area contributed by atoms with Crippen LogP contribution >= 0.6 is 0 Å². The summed E-state index contributed by atoms with van der Waals surface area (Å²) in [6, 6.07) is 0. The van der Waals surface area contributed by atoms with Crippen molar-refractivity contribution >= 4 is 0 Å². The van der Waals surface area contributed by atoms with Crippen molar-refractivity contribution in [2.24, 2.45) is 0 Å². The van der Waals surface area contributed by atoms with Gasteiger partial charge in [-0.25, -0.2) is 0 Å². The van der Waals surface area contributed by atoms with Gasteiger partial charge in [0.05, 0.1) is 12.2 Å². The van der Waals surface area contributed by atoms with Gasteiger partial charge in [-0.1, -0.05) is 0 Å².